The maximum Gasteiger partial charge on any atom is 0.525 e. The molecule has 0 radical (unpaired) electrons. The summed E-state index contributed by atoms with van der Waals surface area (Å²) in [6, 6.07) is 18.6. The van der Waals surface area contributed by atoms with Gasteiger partial charge in [-0.05, 0) is 55.0 Å². The number of aromatic nitrogens is 1. The summed E-state index contributed by atoms with van der Waals surface area (Å²) in [6.07, 6.45) is 0. The van der Waals surface area contributed by atoms with Gasteiger partial charge in [0.05, 0.1) is 15.0 Å². The van der Waals surface area contributed by atoms with Crippen LogP contribution in [0.5, 0.6) is 5.75 Å². The average molecular weight is 531 g/mol. The number of fused-ring (bicyclic) bond motifs is 2. The minimum atomic E-state index is -4.83. The molecule has 0 amide bonds. The Labute approximate surface area is 207 Å². The largest absolute Gasteiger partial charge is 0.525 e. The van der Waals surface area contributed by atoms with Crippen molar-refractivity contribution in [1.29, 1.82) is 0 Å². The van der Waals surface area contributed by atoms with Gasteiger partial charge in [-0.25, -0.2) is 14.5 Å². The molecule has 3 N–H and O–H groups in total. The third-order valence-electron chi connectivity index (χ3n) is 5.02. The van der Waals surface area contributed by atoms with E-state index in [1.54, 1.807) is 18.2 Å². The molecule has 0 aliphatic carbocycles. The molecule has 1 aromatic heterocycles. The zero-order chi connectivity index (χ0) is 24.1. The number of aliphatic imine (C=N–C) groups is 1. The zero-order valence-electron chi connectivity index (χ0n) is 18.0. The number of phenols is 1. The van der Waals surface area contributed by atoms with Crippen molar-refractivity contribution >= 4 is 68.7 Å². The number of thiazole rings is 1. The number of phosphoric acid groups is 1. The van der Waals surface area contributed by atoms with Gasteiger partial charge >= 0.3 is 7.82 Å². The molecule has 2 heterocycles. The lowest BCUT2D eigenvalue weighted by Crippen LogP contribution is -2.15. The van der Waals surface area contributed by atoms with Crippen molar-refractivity contribution in [2.45, 2.75) is 23.5 Å². The maximum atomic E-state index is 11.8. The molecular formula is C23H19N2O5PS3. The van der Waals surface area contributed by atoms with Crippen LogP contribution in [0.2, 0.25) is 0 Å². The molecule has 4 aromatic rings. The highest BCUT2D eigenvalue weighted by Gasteiger charge is 2.39. The van der Waals surface area contributed by atoms with Gasteiger partial charge in [-0.1, -0.05) is 53.9 Å². The van der Waals surface area contributed by atoms with E-state index in [1.807, 2.05) is 56.3 Å². The molecule has 0 saturated heterocycles. The highest BCUT2D eigenvalue weighted by atomic mass is 32.2. The van der Waals surface area contributed by atoms with Crippen molar-refractivity contribution in [2.24, 2.45) is 4.99 Å². The van der Waals surface area contributed by atoms with E-state index in [4.69, 9.17) is 9.52 Å². The summed E-state index contributed by atoms with van der Waals surface area (Å²) in [5.41, 5.74) is 1.17. The zero-order valence-corrected chi connectivity index (χ0v) is 21.3. The summed E-state index contributed by atoms with van der Waals surface area (Å²) >= 11 is 3.97. The van der Waals surface area contributed by atoms with Crippen LogP contribution >= 0.6 is 42.7 Å². The topological polar surface area (TPSA) is 112 Å². The number of phenolic OH excluding ortho intramolecular Hbond substituents is 1. The maximum absolute atomic E-state index is 11.8. The smallest absolute Gasteiger partial charge is 0.508 e. The highest BCUT2D eigenvalue weighted by Crippen LogP contribution is 2.52. The third kappa shape index (κ3) is 4.88. The number of hydrogen-bond acceptors (Lipinski definition) is 8. The number of phosphoric ester groups is 1. The fourth-order valence-electron chi connectivity index (χ4n) is 3.49. The van der Waals surface area contributed by atoms with Gasteiger partial charge in [-0.3, -0.25) is 9.79 Å². The van der Waals surface area contributed by atoms with Crippen LogP contribution in [0.4, 0.5) is 0 Å². The van der Waals surface area contributed by atoms with Crippen LogP contribution in [-0.2, 0) is 9.09 Å². The predicted molar refractivity (Wildman–Crippen MR) is 139 cm³/mol. The van der Waals surface area contributed by atoms with Gasteiger partial charge in [0.25, 0.3) is 0 Å². The summed E-state index contributed by atoms with van der Waals surface area (Å²) in [5.74, 6) is 0.161. The number of rotatable bonds is 5. The number of nitrogens with zero attached hydrogens (tertiary/aromatic N) is 2. The number of aromatic hydroxyl groups is 1. The predicted octanol–water partition coefficient (Wildman–Crippen LogP) is 6.50. The second kappa shape index (κ2) is 8.71. The van der Waals surface area contributed by atoms with E-state index in [1.165, 1.54) is 23.1 Å². The summed E-state index contributed by atoms with van der Waals surface area (Å²) < 4.78 is 17.2. The van der Waals surface area contributed by atoms with Crippen LogP contribution in [0.25, 0.3) is 21.0 Å². The summed E-state index contributed by atoms with van der Waals surface area (Å²) in [4.78, 5) is 29.4. The molecule has 34 heavy (non-hydrogen) atoms. The van der Waals surface area contributed by atoms with E-state index in [-0.39, 0.29) is 10.8 Å². The Morgan fingerprint density at radius 2 is 1.82 bits per heavy atom. The van der Waals surface area contributed by atoms with Crippen LogP contribution in [0.15, 0.2) is 81.3 Å². The highest BCUT2D eigenvalue weighted by molar-refractivity contribution is 8.16. The van der Waals surface area contributed by atoms with E-state index in [0.29, 0.717) is 15.7 Å². The molecule has 11 heteroatoms. The monoisotopic (exact) mass is 530 g/mol. The first kappa shape index (κ1) is 23.4. The molecule has 0 atom stereocenters. The third-order valence-corrected chi connectivity index (χ3v) is 8.85. The van der Waals surface area contributed by atoms with Crippen molar-refractivity contribution in [1.82, 2.24) is 4.98 Å². The minimum Gasteiger partial charge on any atom is -0.508 e. The minimum absolute atomic E-state index is 0.0508. The first-order valence-corrected chi connectivity index (χ1v) is 14.1. The lowest BCUT2D eigenvalue weighted by atomic mass is 10.1. The van der Waals surface area contributed by atoms with Crippen molar-refractivity contribution in [3.63, 3.8) is 0 Å². The van der Waals surface area contributed by atoms with Gasteiger partial charge in [0, 0.05) is 4.90 Å². The van der Waals surface area contributed by atoms with Gasteiger partial charge in [0.1, 0.15) is 21.5 Å². The van der Waals surface area contributed by atoms with Gasteiger partial charge in [-0.2, -0.15) is 0 Å². The van der Waals surface area contributed by atoms with Crippen LogP contribution < -0.4 is 0 Å². The van der Waals surface area contributed by atoms with Crippen LogP contribution in [0, 0.1) is 0 Å². The van der Waals surface area contributed by atoms with E-state index >= 15 is 0 Å². The van der Waals surface area contributed by atoms with Crippen molar-refractivity contribution < 1.29 is 24.0 Å². The fraction of sp³-hybridized carbons (Fsp3) is 0.130. The van der Waals surface area contributed by atoms with Crippen molar-refractivity contribution in [3.8, 4) is 5.75 Å². The lowest BCUT2D eigenvalue weighted by molar-refractivity contribution is 0.252. The van der Waals surface area contributed by atoms with Gasteiger partial charge in [-0.15, -0.1) is 11.3 Å². The van der Waals surface area contributed by atoms with Crippen molar-refractivity contribution in [2.75, 3.05) is 0 Å². The second-order valence-corrected chi connectivity index (χ2v) is 12.9. The Morgan fingerprint density at radius 3 is 2.59 bits per heavy atom. The number of hydrogen-bond donors (Lipinski definition) is 3. The molecule has 174 valence electrons. The Hall–Kier alpha value is -2.33. The van der Waals surface area contributed by atoms with E-state index < -0.39 is 12.6 Å². The van der Waals surface area contributed by atoms with E-state index in [9.17, 15) is 19.5 Å². The number of thioether (sulfide) groups is 2. The van der Waals surface area contributed by atoms with Crippen LogP contribution in [0.3, 0.4) is 0 Å². The average Bonchev–Trinajstić information content (AvgIpc) is 3.32. The molecule has 7 nitrogen and oxygen atoms in total. The summed E-state index contributed by atoms with van der Waals surface area (Å²) in [7, 11) is -4.83. The molecule has 3 aromatic carbocycles. The number of benzene rings is 3. The first-order valence-electron chi connectivity index (χ1n) is 10.1. The molecule has 5 rings (SSSR count). The molecule has 0 spiro atoms. The van der Waals surface area contributed by atoms with Crippen molar-refractivity contribution in [3.05, 3.63) is 76.5 Å². The molecule has 0 fully saturated rings. The lowest BCUT2D eigenvalue weighted by Gasteiger charge is -2.21. The fourth-order valence-corrected chi connectivity index (χ4v) is 7.36. The SMILES string of the molecule is CC1(C)SC(c2nc3ccc(O)cc3s2)=N/C1=C(/OP(=O)(O)O)Sc1ccc2ccccc2c1. The molecule has 1 aliphatic rings. The first-order chi connectivity index (χ1) is 16.1. The molecular weight excluding hydrogens is 511 g/mol. The molecule has 0 unspecified atom stereocenters. The van der Waals surface area contributed by atoms with E-state index in [2.05, 4.69) is 4.98 Å². The molecule has 0 bridgehead atoms. The van der Waals surface area contributed by atoms with E-state index in [0.717, 1.165) is 37.6 Å². The second-order valence-electron chi connectivity index (χ2n) is 8.03. The Bertz CT molecular complexity index is 1540. The van der Waals surface area contributed by atoms with Gasteiger partial charge in [0.15, 0.2) is 5.09 Å². The summed E-state index contributed by atoms with van der Waals surface area (Å²) in [6.45, 7) is 3.85. The molecule has 0 saturated carbocycles. The normalized spacial score (nSPS) is 17.2. The summed E-state index contributed by atoms with van der Waals surface area (Å²) in [5, 5.41) is 13.2. The van der Waals surface area contributed by atoms with Gasteiger partial charge in [0.2, 0.25) is 0 Å². The Kier molecular flexibility index (Phi) is 6.00. The molecule has 1 aliphatic heterocycles. The standard InChI is InChI=1S/C23H19N2O5PS3/c1-23(2)19(25-21(34-23)20-24-17-10-8-15(26)12-18(17)33-20)22(30-31(27,28)29)32-16-9-7-13-5-3-4-6-14(13)11-16/h3-12,26H,1-2H3,(H2,27,28,29)/b22-19-. The van der Waals surface area contributed by atoms with Crippen LogP contribution in [0.1, 0.15) is 18.9 Å². The Balaban J connectivity index is 1.59. The van der Waals surface area contributed by atoms with Gasteiger partial charge < -0.3 is 9.63 Å². The quantitative estimate of drug-likeness (QED) is 0.152. The van der Waals surface area contributed by atoms with Crippen LogP contribution in [-0.4, -0.2) is 29.7 Å². The Morgan fingerprint density at radius 1 is 1.06 bits per heavy atom.